The largest absolute Gasteiger partial charge is 0.363 e. The zero-order valence-corrected chi connectivity index (χ0v) is 11.8. The lowest BCUT2D eigenvalue weighted by Gasteiger charge is -2.06. The van der Waals surface area contributed by atoms with Crippen LogP contribution >= 0.6 is 0 Å². The van der Waals surface area contributed by atoms with Crippen molar-refractivity contribution in [2.24, 2.45) is 7.05 Å². The standard InChI is InChI=1S/C9H17N5O4S/c1-4-7-8(14(15)16)9(13(3)12-7)11-5-6-19(17,18)10-2/h10-11H,4-6H2,1-3H3. The van der Waals surface area contributed by atoms with E-state index in [0.29, 0.717) is 12.1 Å². The van der Waals surface area contributed by atoms with Crippen molar-refractivity contribution in [3.63, 3.8) is 0 Å². The third-order valence-corrected chi connectivity index (χ3v) is 3.95. The summed E-state index contributed by atoms with van der Waals surface area (Å²) >= 11 is 0. The molecule has 0 aliphatic rings. The van der Waals surface area contributed by atoms with Gasteiger partial charge in [-0.3, -0.25) is 10.1 Å². The summed E-state index contributed by atoms with van der Waals surface area (Å²) in [6.45, 7) is 1.83. The Hall–Kier alpha value is -1.68. The molecule has 0 aromatic carbocycles. The lowest BCUT2D eigenvalue weighted by molar-refractivity contribution is -0.384. The van der Waals surface area contributed by atoms with Crippen LogP contribution in [0.1, 0.15) is 12.6 Å². The van der Waals surface area contributed by atoms with Crippen molar-refractivity contribution in [3.05, 3.63) is 15.8 Å². The van der Waals surface area contributed by atoms with Gasteiger partial charge in [-0.25, -0.2) is 17.8 Å². The highest BCUT2D eigenvalue weighted by atomic mass is 32.2. The van der Waals surface area contributed by atoms with E-state index in [1.807, 2.05) is 0 Å². The number of anilines is 1. The van der Waals surface area contributed by atoms with Crippen LogP contribution < -0.4 is 10.0 Å². The second kappa shape index (κ2) is 5.97. The van der Waals surface area contributed by atoms with Gasteiger partial charge < -0.3 is 5.32 Å². The molecule has 1 heterocycles. The summed E-state index contributed by atoms with van der Waals surface area (Å²) in [4.78, 5) is 10.5. The molecule has 2 N–H and O–H groups in total. The van der Waals surface area contributed by atoms with E-state index in [0.717, 1.165) is 0 Å². The minimum Gasteiger partial charge on any atom is -0.363 e. The highest BCUT2D eigenvalue weighted by Gasteiger charge is 2.25. The third kappa shape index (κ3) is 3.64. The third-order valence-electron chi connectivity index (χ3n) is 2.58. The van der Waals surface area contributed by atoms with Crippen LogP contribution in [0.4, 0.5) is 11.5 Å². The van der Waals surface area contributed by atoms with Gasteiger partial charge in [0.25, 0.3) is 0 Å². The predicted molar refractivity (Wildman–Crippen MR) is 70.6 cm³/mol. The molecule has 0 fully saturated rings. The Morgan fingerprint density at radius 1 is 1.47 bits per heavy atom. The van der Waals surface area contributed by atoms with Crippen LogP contribution in [0.5, 0.6) is 0 Å². The summed E-state index contributed by atoms with van der Waals surface area (Å²) in [5, 5.41) is 17.8. The lowest BCUT2D eigenvalue weighted by Crippen LogP contribution is -2.26. The Kier molecular flexibility index (Phi) is 4.84. The Morgan fingerprint density at radius 3 is 2.58 bits per heavy atom. The number of hydrogen-bond acceptors (Lipinski definition) is 6. The number of nitrogens with one attached hydrogen (secondary N) is 2. The van der Waals surface area contributed by atoms with E-state index in [9.17, 15) is 18.5 Å². The van der Waals surface area contributed by atoms with Crippen molar-refractivity contribution >= 4 is 21.5 Å². The molecule has 10 heteroatoms. The van der Waals surface area contributed by atoms with Gasteiger partial charge in [-0.2, -0.15) is 5.10 Å². The van der Waals surface area contributed by atoms with Gasteiger partial charge in [-0.1, -0.05) is 6.92 Å². The maximum absolute atomic E-state index is 11.2. The molecular formula is C9H17N5O4S. The fourth-order valence-electron chi connectivity index (χ4n) is 1.60. The molecule has 0 spiro atoms. The van der Waals surface area contributed by atoms with E-state index >= 15 is 0 Å². The van der Waals surface area contributed by atoms with Gasteiger partial charge in [0.2, 0.25) is 15.8 Å². The average molecular weight is 291 g/mol. The Bertz CT molecular complexity index is 565. The number of aryl methyl sites for hydroxylation is 2. The first kappa shape index (κ1) is 15.4. The molecule has 0 saturated carbocycles. The van der Waals surface area contributed by atoms with E-state index in [2.05, 4.69) is 15.1 Å². The molecule has 9 nitrogen and oxygen atoms in total. The zero-order chi connectivity index (χ0) is 14.6. The van der Waals surface area contributed by atoms with Crippen molar-refractivity contribution in [2.45, 2.75) is 13.3 Å². The van der Waals surface area contributed by atoms with Gasteiger partial charge >= 0.3 is 5.69 Å². The van der Waals surface area contributed by atoms with Crippen LogP contribution in [0.15, 0.2) is 0 Å². The first-order valence-corrected chi connectivity index (χ1v) is 7.33. The summed E-state index contributed by atoms with van der Waals surface area (Å²) in [7, 11) is -0.459. The predicted octanol–water partition coefficient (Wildman–Crippen LogP) is -0.148. The highest BCUT2D eigenvalue weighted by Crippen LogP contribution is 2.28. The number of nitro groups is 1. The molecule has 0 unspecified atom stereocenters. The molecule has 0 bridgehead atoms. The van der Waals surface area contributed by atoms with Crippen LogP contribution in [0, 0.1) is 10.1 Å². The SMILES string of the molecule is CCc1nn(C)c(NCCS(=O)(=O)NC)c1[N+](=O)[O-]. The molecule has 1 aromatic rings. The molecule has 1 rings (SSSR count). The minimum atomic E-state index is -3.35. The monoisotopic (exact) mass is 291 g/mol. The zero-order valence-electron chi connectivity index (χ0n) is 11.0. The summed E-state index contributed by atoms with van der Waals surface area (Å²) in [6, 6.07) is 0. The topological polar surface area (TPSA) is 119 Å². The van der Waals surface area contributed by atoms with Crippen LogP contribution in [0.3, 0.4) is 0 Å². The average Bonchev–Trinajstić information content (AvgIpc) is 2.66. The number of sulfonamides is 1. The molecule has 0 radical (unpaired) electrons. The van der Waals surface area contributed by atoms with Crippen LogP contribution in [-0.2, 0) is 23.5 Å². The second-order valence-corrected chi connectivity index (χ2v) is 5.87. The molecule has 0 atom stereocenters. The number of aromatic nitrogens is 2. The van der Waals surface area contributed by atoms with Crippen molar-refractivity contribution in [2.75, 3.05) is 24.7 Å². The maximum atomic E-state index is 11.2. The van der Waals surface area contributed by atoms with Gasteiger partial charge in [0.15, 0.2) is 0 Å². The summed E-state index contributed by atoms with van der Waals surface area (Å²) in [6.07, 6.45) is 0.431. The fourth-order valence-corrected chi connectivity index (χ4v) is 2.18. The first-order valence-electron chi connectivity index (χ1n) is 5.67. The fraction of sp³-hybridized carbons (Fsp3) is 0.667. The molecule has 0 saturated heterocycles. The molecule has 0 amide bonds. The van der Waals surface area contributed by atoms with Gasteiger partial charge in [0.1, 0.15) is 5.69 Å². The molecule has 19 heavy (non-hydrogen) atoms. The van der Waals surface area contributed by atoms with E-state index < -0.39 is 14.9 Å². The van der Waals surface area contributed by atoms with E-state index in [1.165, 1.54) is 11.7 Å². The normalized spacial score (nSPS) is 11.5. The maximum Gasteiger partial charge on any atom is 0.333 e. The molecule has 0 aliphatic heterocycles. The first-order chi connectivity index (χ1) is 8.82. The van der Waals surface area contributed by atoms with E-state index in [4.69, 9.17) is 0 Å². The number of nitrogens with zero attached hydrogens (tertiary/aromatic N) is 3. The van der Waals surface area contributed by atoms with E-state index in [1.54, 1.807) is 14.0 Å². The smallest absolute Gasteiger partial charge is 0.333 e. The quantitative estimate of drug-likeness (QED) is 0.532. The Morgan fingerprint density at radius 2 is 2.11 bits per heavy atom. The second-order valence-electron chi connectivity index (χ2n) is 3.83. The Balaban J connectivity index is 2.89. The van der Waals surface area contributed by atoms with E-state index in [-0.39, 0.29) is 23.8 Å². The summed E-state index contributed by atoms with van der Waals surface area (Å²) in [5.41, 5.74) is 0.262. The molecular weight excluding hydrogens is 274 g/mol. The van der Waals surface area contributed by atoms with Crippen LogP contribution in [0.25, 0.3) is 0 Å². The lowest BCUT2D eigenvalue weighted by atomic mass is 10.3. The van der Waals surface area contributed by atoms with Gasteiger partial charge in [-0.15, -0.1) is 0 Å². The van der Waals surface area contributed by atoms with Gasteiger partial charge in [-0.05, 0) is 13.5 Å². The van der Waals surface area contributed by atoms with Crippen molar-refractivity contribution in [3.8, 4) is 0 Å². The molecule has 108 valence electrons. The van der Waals surface area contributed by atoms with Crippen molar-refractivity contribution < 1.29 is 13.3 Å². The summed E-state index contributed by atoms with van der Waals surface area (Å²) < 4.78 is 26.0. The minimum absolute atomic E-state index is 0.0622. The van der Waals surface area contributed by atoms with Gasteiger partial charge in [0, 0.05) is 13.6 Å². The van der Waals surface area contributed by atoms with Gasteiger partial charge in [0.05, 0.1) is 10.7 Å². The highest BCUT2D eigenvalue weighted by molar-refractivity contribution is 7.89. The van der Waals surface area contributed by atoms with Crippen molar-refractivity contribution in [1.29, 1.82) is 0 Å². The Labute approximate surface area is 111 Å². The molecule has 1 aromatic heterocycles. The van der Waals surface area contributed by atoms with Crippen molar-refractivity contribution in [1.82, 2.24) is 14.5 Å². The van der Waals surface area contributed by atoms with Crippen LogP contribution in [0.2, 0.25) is 0 Å². The molecule has 0 aliphatic carbocycles. The van der Waals surface area contributed by atoms with Crippen LogP contribution in [-0.4, -0.2) is 42.5 Å². The number of rotatable bonds is 7. The summed E-state index contributed by atoms with van der Waals surface area (Å²) in [5.74, 6) is 0.0426. The number of hydrogen-bond donors (Lipinski definition) is 2.